The van der Waals surface area contributed by atoms with E-state index in [2.05, 4.69) is 67.4 Å². The van der Waals surface area contributed by atoms with Crippen molar-refractivity contribution in [2.45, 2.75) is 26.7 Å². The van der Waals surface area contributed by atoms with E-state index in [1.807, 2.05) is 6.20 Å². The highest BCUT2D eigenvalue weighted by Gasteiger charge is 2.08. The summed E-state index contributed by atoms with van der Waals surface area (Å²) in [4.78, 5) is 4.67. The largest absolute Gasteiger partial charge is 0.256 e. The molecular weight excluding hydrogens is 242 g/mol. The Kier molecular flexibility index (Phi) is 3.51. The van der Waals surface area contributed by atoms with E-state index in [0.29, 0.717) is 0 Å². The molecular formula is C19H19N. The maximum Gasteiger partial charge on any atom is 0.0707 e. The van der Waals surface area contributed by atoms with Crippen molar-refractivity contribution >= 4 is 5.57 Å². The summed E-state index contributed by atoms with van der Waals surface area (Å²) in [5.74, 6) is 0. The Hall–Kier alpha value is -2.15. The molecule has 1 aromatic heterocycles. The van der Waals surface area contributed by atoms with E-state index < -0.39 is 0 Å². The van der Waals surface area contributed by atoms with Crippen molar-refractivity contribution in [3.63, 3.8) is 0 Å². The normalized spacial score (nSPS) is 14.2. The maximum atomic E-state index is 4.67. The molecule has 1 aliphatic carbocycles. The third-order valence-electron chi connectivity index (χ3n) is 3.84. The van der Waals surface area contributed by atoms with Crippen molar-refractivity contribution in [3.05, 3.63) is 71.4 Å². The molecule has 1 nitrogen and oxygen atoms in total. The van der Waals surface area contributed by atoms with Crippen LogP contribution in [0.5, 0.6) is 0 Å². The van der Waals surface area contributed by atoms with E-state index in [1.54, 1.807) is 0 Å². The van der Waals surface area contributed by atoms with Crippen LogP contribution in [-0.4, -0.2) is 4.98 Å². The number of aromatic nitrogens is 1. The van der Waals surface area contributed by atoms with Crippen LogP contribution in [0.3, 0.4) is 0 Å². The zero-order valence-corrected chi connectivity index (χ0v) is 12.1. The molecule has 1 heteroatoms. The molecule has 0 radical (unpaired) electrons. The first-order valence-corrected chi connectivity index (χ1v) is 7.15. The molecule has 0 bridgehead atoms. The molecule has 0 aliphatic heterocycles. The molecule has 20 heavy (non-hydrogen) atoms. The molecule has 1 aliphatic rings. The van der Waals surface area contributed by atoms with Crippen molar-refractivity contribution in [1.29, 1.82) is 0 Å². The van der Waals surface area contributed by atoms with Crippen LogP contribution in [0.4, 0.5) is 0 Å². The van der Waals surface area contributed by atoms with Crippen molar-refractivity contribution < 1.29 is 0 Å². The number of rotatable bonds is 2. The number of nitrogens with zero attached hydrogens (tertiary/aromatic N) is 1. The summed E-state index contributed by atoms with van der Waals surface area (Å²) in [6, 6.07) is 10.6. The Morgan fingerprint density at radius 3 is 2.50 bits per heavy atom. The van der Waals surface area contributed by atoms with Crippen molar-refractivity contribution in [3.8, 4) is 11.3 Å². The van der Waals surface area contributed by atoms with Crippen LogP contribution in [0.15, 0.2) is 54.8 Å². The summed E-state index contributed by atoms with van der Waals surface area (Å²) in [5.41, 5.74) is 7.39. The molecule has 1 aromatic carbocycles. The first kappa shape index (κ1) is 12.9. The highest BCUT2D eigenvalue weighted by molar-refractivity contribution is 5.77. The summed E-state index contributed by atoms with van der Waals surface area (Å²) in [6.07, 6.45) is 11.0. The second-order valence-electron chi connectivity index (χ2n) is 5.34. The predicted octanol–water partition coefficient (Wildman–Crippen LogP) is 5.10. The molecule has 100 valence electrons. The van der Waals surface area contributed by atoms with Crippen molar-refractivity contribution in [2.24, 2.45) is 0 Å². The van der Waals surface area contributed by atoms with Gasteiger partial charge in [-0.3, -0.25) is 4.98 Å². The minimum Gasteiger partial charge on any atom is -0.256 e. The predicted molar refractivity (Wildman–Crippen MR) is 85.5 cm³/mol. The van der Waals surface area contributed by atoms with Crippen LogP contribution in [0.1, 0.15) is 29.5 Å². The highest BCUT2D eigenvalue weighted by atomic mass is 14.7. The van der Waals surface area contributed by atoms with E-state index in [4.69, 9.17) is 0 Å². The molecule has 2 aromatic rings. The lowest BCUT2D eigenvalue weighted by Crippen LogP contribution is -1.94. The maximum absolute atomic E-state index is 4.67. The number of hydrogen-bond acceptors (Lipinski definition) is 1. The Morgan fingerprint density at radius 1 is 0.950 bits per heavy atom. The molecule has 0 fully saturated rings. The van der Waals surface area contributed by atoms with Crippen LogP contribution in [0, 0.1) is 13.8 Å². The zero-order chi connectivity index (χ0) is 13.9. The highest BCUT2D eigenvalue weighted by Crippen LogP contribution is 2.27. The van der Waals surface area contributed by atoms with Crippen LogP contribution in [0.2, 0.25) is 0 Å². The van der Waals surface area contributed by atoms with Gasteiger partial charge < -0.3 is 0 Å². The fraction of sp³-hybridized carbons (Fsp3) is 0.211. The van der Waals surface area contributed by atoms with Gasteiger partial charge in [-0.15, -0.1) is 0 Å². The second kappa shape index (κ2) is 5.46. The summed E-state index contributed by atoms with van der Waals surface area (Å²) >= 11 is 0. The first-order chi connectivity index (χ1) is 9.75. The monoisotopic (exact) mass is 261 g/mol. The lowest BCUT2D eigenvalue weighted by atomic mass is 9.96. The minimum atomic E-state index is 1.06. The van der Waals surface area contributed by atoms with E-state index in [9.17, 15) is 0 Å². The van der Waals surface area contributed by atoms with E-state index in [-0.39, 0.29) is 0 Å². The average Bonchev–Trinajstić information content (AvgIpc) is 2.48. The van der Waals surface area contributed by atoms with Gasteiger partial charge in [-0.1, -0.05) is 42.5 Å². The summed E-state index contributed by atoms with van der Waals surface area (Å²) in [6.45, 7) is 4.30. The number of hydrogen-bond donors (Lipinski definition) is 0. The fourth-order valence-corrected chi connectivity index (χ4v) is 2.68. The number of allylic oxidation sites excluding steroid dienone is 4. The van der Waals surface area contributed by atoms with Gasteiger partial charge in [0, 0.05) is 17.3 Å². The average molecular weight is 261 g/mol. The Morgan fingerprint density at radius 2 is 1.80 bits per heavy atom. The van der Waals surface area contributed by atoms with Gasteiger partial charge in [-0.05, 0) is 49.5 Å². The van der Waals surface area contributed by atoms with Crippen molar-refractivity contribution in [2.75, 3.05) is 0 Å². The van der Waals surface area contributed by atoms with Crippen LogP contribution < -0.4 is 0 Å². The molecule has 0 atom stereocenters. The molecule has 1 heterocycles. The quantitative estimate of drug-likeness (QED) is 0.733. The van der Waals surface area contributed by atoms with Gasteiger partial charge in [-0.25, -0.2) is 0 Å². The molecule has 3 rings (SSSR count). The standard InChI is InChI=1S/C19H19N/c1-14-8-6-7-11-17(14)19-12-15(2)18(13-20-19)16-9-4-3-5-10-16/h4,6-13H,3,5H2,1-2H3. The van der Waals surface area contributed by atoms with Gasteiger partial charge in [0.05, 0.1) is 5.69 Å². The fourth-order valence-electron chi connectivity index (χ4n) is 2.68. The third-order valence-corrected chi connectivity index (χ3v) is 3.84. The molecule has 0 spiro atoms. The van der Waals surface area contributed by atoms with Gasteiger partial charge in [0.25, 0.3) is 0 Å². The van der Waals surface area contributed by atoms with Gasteiger partial charge in [0.15, 0.2) is 0 Å². The summed E-state index contributed by atoms with van der Waals surface area (Å²) in [7, 11) is 0. The van der Waals surface area contributed by atoms with Gasteiger partial charge in [0.2, 0.25) is 0 Å². The van der Waals surface area contributed by atoms with Crippen molar-refractivity contribution in [1.82, 2.24) is 4.98 Å². The summed E-state index contributed by atoms with van der Waals surface area (Å²) in [5, 5.41) is 0. The van der Waals surface area contributed by atoms with E-state index in [1.165, 1.54) is 27.8 Å². The molecule has 0 amide bonds. The number of aryl methyl sites for hydroxylation is 2. The third kappa shape index (κ3) is 2.44. The topological polar surface area (TPSA) is 12.9 Å². The van der Waals surface area contributed by atoms with Gasteiger partial charge in [0.1, 0.15) is 0 Å². The minimum absolute atomic E-state index is 1.06. The van der Waals surface area contributed by atoms with E-state index >= 15 is 0 Å². The van der Waals surface area contributed by atoms with Crippen LogP contribution in [-0.2, 0) is 0 Å². The van der Waals surface area contributed by atoms with Crippen LogP contribution >= 0.6 is 0 Å². The molecule has 0 N–H and O–H groups in total. The lowest BCUT2D eigenvalue weighted by molar-refractivity contribution is 1.04. The Labute approximate surface area is 120 Å². The Bertz CT molecular complexity index is 693. The number of pyridine rings is 1. The van der Waals surface area contributed by atoms with Gasteiger partial charge >= 0.3 is 0 Å². The van der Waals surface area contributed by atoms with Gasteiger partial charge in [-0.2, -0.15) is 0 Å². The number of benzene rings is 1. The first-order valence-electron chi connectivity index (χ1n) is 7.15. The molecule has 0 saturated carbocycles. The Balaban J connectivity index is 2.02. The summed E-state index contributed by atoms with van der Waals surface area (Å²) < 4.78 is 0. The van der Waals surface area contributed by atoms with E-state index in [0.717, 1.165) is 18.5 Å². The lowest BCUT2D eigenvalue weighted by Gasteiger charge is -2.12. The SMILES string of the molecule is Cc1cc(-c2ccccc2C)ncc1C1=CCCC=C1. The second-order valence-corrected chi connectivity index (χ2v) is 5.34. The van der Waals surface area contributed by atoms with Crippen LogP contribution in [0.25, 0.3) is 16.8 Å². The molecule has 0 unspecified atom stereocenters. The molecule has 0 saturated heterocycles. The zero-order valence-electron chi connectivity index (χ0n) is 12.1. The smallest absolute Gasteiger partial charge is 0.0707 e.